The molecule has 7 heteroatoms. The van der Waals surface area contributed by atoms with Gasteiger partial charge in [-0.05, 0) is 0 Å². The summed E-state index contributed by atoms with van der Waals surface area (Å²) in [5.74, 6) is -1.41. The van der Waals surface area contributed by atoms with E-state index in [-0.39, 0.29) is 5.88 Å². The lowest BCUT2D eigenvalue weighted by Crippen LogP contribution is -1.97. The number of methoxy groups -OCH3 is 1. The van der Waals surface area contributed by atoms with Crippen LogP contribution in [0.4, 0.5) is 8.28 Å². The second-order valence-electron chi connectivity index (χ2n) is 2.10. The van der Waals surface area contributed by atoms with Crippen LogP contribution in [0.15, 0.2) is 17.2 Å². The lowest BCUT2D eigenvalue weighted by Gasteiger charge is -2.00. The smallest absolute Gasteiger partial charge is 0.333 e. The molecule has 1 heterocycles. The lowest BCUT2D eigenvalue weighted by molar-refractivity contribution is 0.367. The highest BCUT2D eigenvalue weighted by atomic mass is 32.3. The SMILES string of the molecule is COc1ncc(S(=O)(=O)F)cc1F. The molecule has 4 nitrogen and oxygen atoms in total. The highest BCUT2D eigenvalue weighted by Crippen LogP contribution is 2.18. The van der Waals surface area contributed by atoms with Crippen LogP contribution in [0.5, 0.6) is 5.88 Å². The average molecular weight is 209 g/mol. The molecule has 1 rings (SSSR count). The molecule has 0 N–H and O–H groups in total. The van der Waals surface area contributed by atoms with Crippen molar-refractivity contribution in [2.24, 2.45) is 0 Å². The summed E-state index contributed by atoms with van der Waals surface area (Å²) in [4.78, 5) is 2.42. The maximum absolute atomic E-state index is 12.8. The van der Waals surface area contributed by atoms with E-state index >= 15 is 0 Å². The first-order valence-corrected chi connectivity index (χ1v) is 4.47. The van der Waals surface area contributed by atoms with Gasteiger partial charge in [-0.3, -0.25) is 0 Å². The second kappa shape index (κ2) is 3.25. The Kier molecular flexibility index (Phi) is 2.46. The van der Waals surface area contributed by atoms with Crippen molar-refractivity contribution < 1.29 is 21.4 Å². The van der Waals surface area contributed by atoms with Crippen LogP contribution in [0, 0.1) is 5.82 Å². The van der Waals surface area contributed by atoms with Crippen molar-refractivity contribution in [2.75, 3.05) is 7.11 Å². The Morgan fingerprint density at radius 1 is 1.54 bits per heavy atom. The average Bonchev–Trinajstić information content (AvgIpc) is 2.02. The minimum absolute atomic E-state index is 0.382. The number of hydrogen-bond donors (Lipinski definition) is 0. The van der Waals surface area contributed by atoms with Crippen LogP contribution in [-0.2, 0) is 10.2 Å². The Hall–Kier alpha value is -1.24. The number of ether oxygens (including phenoxy) is 1. The molecule has 0 radical (unpaired) electrons. The number of hydrogen-bond acceptors (Lipinski definition) is 4. The minimum atomic E-state index is -4.91. The van der Waals surface area contributed by atoms with E-state index in [1.54, 1.807) is 0 Å². The van der Waals surface area contributed by atoms with Gasteiger partial charge in [0.15, 0.2) is 5.82 Å². The van der Waals surface area contributed by atoms with E-state index in [1.165, 1.54) is 0 Å². The number of nitrogens with zero attached hydrogens (tertiary/aromatic N) is 1. The molecular weight excluding hydrogens is 204 g/mol. The van der Waals surface area contributed by atoms with Crippen molar-refractivity contribution in [3.8, 4) is 5.88 Å². The largest absolute Gasteiger partial charge is 0.479 e. The van der Waals surface area contributed by atoms with E-state index in [9.17, 15) is 16.7 Å². The topological polar surface area (TPSA) is 56.3 Å². The zero-order valence-electron chi connectivity index (χ0n) is 6.49. The van der Waals surface area contributed by atoms with Crippen LogP contribution in [0.1, 0.15) is 0 Å². The predicted octanol–water partition coefficient (Wildman–Crippen LogP) is 0.888. The second-order valence-corrected chi connectivity index (χ2v) is 3.45. The fourth-order valence-corrected chi connectivity index (χ4v) is 1.11. The molecule has 0 spiro atoms. The molecule has 0 aliphatic carbocycles. The van der Waals surface area contributed by atoms with Crippen molar-refractivity contribution >= 4 is 10.2 Å². The molecule has 13 heavy (non-hydrogen) atoms. The summed E-state index contributed by atoms with van der Waals surface area (Å²) in [6.45, 7) is 0. The zero-order valence-corrected chi connectivity index (χ0v) is 7.31. The molecule has 0 fully saturated rings. The van der Waals surface area contributed by atoms with Gasteiger partial charge in [-0.1, -0.05) is 0 Å². The van der Waals surface area contributed by atoms with Gasteiger partial charge in [0.1, 0.15) is 4.90 Å². The fourth-order valence-electron chi connectivity index (χ4n) is 0.691. The van der Waals surface area contributed by atoms with Crippen LogP contribution in [0.25, 0.3) is 0 Å². The number of rotatable bonds is 2. The van der Waals surface area contributed by atoms with E-state index in [0.29, 0.717) is 12.3 Å². The summed E-state index contributed by atoms with van der Waals surface area (Å²) < 4.78 is 50.0. The standard InChI is InChI=1S/C6H5F2NO3S/c1-12-6-5(7)2-4(3-9-6)13(8,10)11/h2-3H,1H3. The normalized spacial score (nSPS) is 11.3. The minimum Gasteiger partial charge on any atom is -0.479 e. The van der Waals surface area contributed by atoms with Crippen LogP contribution in [0.3, 0.4) is 0 Å². The lowest BCUT2D eigenvalue weighted by atomic mass is 10.5. The van der Waals surface area contributed by atoms with Crippen LogP contribution in [0.2, 0.25) is 0 Å². The fraction of sp³-hybridized carbons (Fsp3) is 0.167. The van der Waals surface area contributed by atoms with Crippen molar-refractivity contribution in [2.45, 2.75) is 4.90 Å². The maximum atomic E-state index is 12.8. The molecule has 1 aromatic rings. The third kappa shape index (κ3) is 2.11. The Bertz CT molecular complexity index is 418. The summed E-state index contributed by atoms with van der Waals surface area (Å²) in [5.41, 5.74) is 0. The summed E-state index contributed by atoms with van der Waals surface area (Å²) in [6.07, 6.45) is 0.678. The van der Waals surface area contributed by atoms with Gasteiger partial charge >= 0.3 is 10.2 Å². The molecule has 0 aliphatic heterocycles. The van der Waals surface area contributed by atoms with Crippen LogP contribution < -0.4 is 4.74 Å². The van der Waals surface area contributed by atoms with Gasteiger partial charge in [-0.25, -0.2) is 9.37 Å². The van der Waals surface area contributed by atoms with Crippen LogP contribution >= 0.6 is 0 Å². The van der Waals surface area contributed by atoms with Gasteiger partial charge in [-0.15, -0.1) is 3.89 Å². The van der Waals surface area contributed by atoms with Crippen LogP contribution in [-0.4, -0.2) is 20.5 Å². The molecule has 72 valence electrons. The first-order chi connectivity index (χ1) is 5.95. The van der Waals surface area contributed by atoms with Crippen molar-refractivity contribution in [3.05, 3.63) is 18.1 Å². The Morgan fingerprint density at radius 2 is 2.15 bits per heavy atom. The maximum Gasteiger partial charge on any atom is 0.333 e. The van der Waals surface area contributed by atoms with Gasteiger partial charge in [0.05, 0.1) is 13.3 Å². The highest BCUT2D eigenvalue weighted by molar-refractivity contribution is 7.86. The molecule has 0 bridgehead atoms. The zero-order chi connectivity index (χ0) is 10.1. The van der Waals surface area contributed by atoms with Gasteiger partial charge in [0.2, 0.25) is 5.88 Å². The number of halogens is 2. The molecular formula is C6H5F2NO3S. The first kappa shape index (κ1) is 9.85. The quantitative estimate of drug-likeness (QED) is 0.678. The number of aromatic nitrogens is 1. The Balaban J connectivity index is 3.26. The summed E-state index contributed by atoms with van der Waals surface area (Å²) in [5, 5.41) is 0. The van der Waals surface area contributed by atoms with E-state index in [1.807, 2.05) is 0 Å². The number of pyridine rings is 1. The van der Waals surface area contributed by atoms with E-state index in [4.69, 9.17) is 0 Å². The summed E-state index contributed by atoms with van der Waals surface area (Å²) >= 11 is 0. The summed E-state index contributed by atoms with van der Waals surface area (Å²) in [7, 11) is -3.75. The van der Waals surface area contributed by atoms with E-state index in [2.05, 4.69) is 9.72 Å². The predicted molar refractivity (Wildman–Crippen MR) is 39.0 cm³/mol. The highest BCUT2D eigenvalue weighted by Gasteiger charge is 2.15. The van der Waals surface area contributed by atoms with E-state index in [0.717, 1.165) is 7.11 Å². The molecule has 1 aromatic heterocycles. The third-order valence-electron chi connectivity index (χ3n) is 1.26. The molecule has 0 aromatic carbocycles. The van der Waals surface area contributed by atoms with Crippen molar-refractivity contribution in [1.29, 1.82) is 0 Å². The van der Waals surface area contributed by atoms with Gasteiger partial charge in [-0.2, -0.15) is 8.42 Å². The molecule has 0 aliphatic rings. The Labute approximate surface area is 73.4 Å². The molecule has 0 amide bonds. The molecule has 0 saturated heterocycles. The van der Waals surface area contributed by atoms with Gasteiger partial charge in [0, 0.05) is 6.07 Å². The first-order valence-electron chi connectivity index (χ1n) is 3.09. The summed E-state index contributed by atoms with van der Waals surface area (Å²) in [6, 6.07) is 0.501. The van der Waals surface area contributed by atoms with Crippen molar-refractivity contribution in [1.82, 2.24) is 4.98 Å². The van der Waals surface area contributed by atoms with Gasteiger partial charge in [0.25, 0.3) is 0 Å². The Morgan fingerprint density at radius 3 is 2.54 bits per heavy atom. The third-order valence-corrected chi connectivity index (χ3v) is 2.04. The molecule has 0 atom stereocenters. The molecule has 0 saturated carbocycles. The van der Waals surface area contributed by atoms with Crippen molar-refractivity contribution in [3.63, 3.8) is 0 Å². The van der Waals surface area contributed by atoms with E-state index < -0.39 is 20.9 Å². The monoisotopic (exact) mass is 209 g/mol. The van der Waals surface area contributed by atoms with Gasteiger partial charge < -0.3 is 4.74 Å². The molecule has 0 unspecified atom stereocenters.